The second-order valence-corrected chi connectivity index (χ2v) is 9.83. The number of nitrogen functional groups attached to an aromatic ring is 1. The average Bonchev–Trinajstić information content (AvgIpc) is 3.32. The number of hydrogen-bond acceptors (Lipinski definition) is 9. The molecular formula is C21H24FN7O3S2. The van der Waals surface area contributed by atoms with Crippen LogP contribution in [0.25, 0.3) is 21.8 Å². The summed E-state index contributed by atoms with van der Waals surface area (Å²) in [5, 5.41) is 0.750. The first-order valence-corrected chi connectivity index (χ1v) is 12.7. The number of benzene rings is 1. The van der Waals surface area contributed by atoms with E-state index in [1.54, 1.807) is 34.8 Å². The van der Waals surface area contributed by atoms with Gasteiger partial charge in [-0.25, -0.2) is 27.9 Å². The third-order valence-corrected chi connectivity index (χ3v) is 7.83. The van der Waals surface area contributed by atoms with Crippen LogP contribution in [0.4, 0.5) is 21.2 Å². The molecule has 1 atom stereocenters. The minimum atomic E-state index is -1.59. The molecule has 2 aliphatic heterocycles. The Morgan fingerprint density at radius 1 is 1.06 bits per heavy atom. The number of morpholine rings is 2. The zero-order valence-electron chi connectivity index (χ0n) is 18.3. The van der Waals surface area contributed by atoms with Gasteiger partial charge in [-0.1, -0.05) is 17.4 Å². The molecule has 180 valence electrons. The lowest BCUT2D eigenvalue weighted by molar-refractivity contribution is 0.0754. The molecule has 2 aromatic heterocycles. The van der Waals surface area contributed by atoms with E-state index in [9.17, 15) is 4.21 Å². The van der Waals surface area contributed by atoms with E-state index in [0.717, 1.165) is 5.13 Å². The number of halogens is 1. The van der Waals surface area contributed by atoms with E-state index in [4.69, 9.17) is 20.2 Å². The summed E-state index contributed by atoms with van der Waals surface area (Å²) in [7, 11) is 0. The van der Waals surface area contributed by atoms with Crippen LogP contribution in [0, 0.1) is 5.82 Å². The van der Waals surface area contributed by atoms with E-state index >= 15 is 4.39 Å². The minimum absolute atomic E-state index is 0.126. The average molecular weight is 506 g/mol. The lowest BCUT2D eigenvalue weighted by Crippen LogP contribution is -2.40. The van der Waals surface area contributed by atoms with E-state index in [0.29, 0.717) is 68.9 Å². The van der Waals surface area contributed by atoms with Crippen molar-refractivity contribution in [1.82, 2.24) is 19.3 Å². The number of anilines is 3. The first-order valence-electron chi connectivity index (χ1n) is 10.8. The molecule has 0 spiro atoms. The van der Waals surface area contributed by atoms with E-state index in [-0.39, 0.29) is 17.2 Å². The third kappa shape index (κ3) is 4.88. The van der Waals surface area contributed by atoms with Crippen LogP contribution in [0.15, 0.2) is 30.5 Å². The van der Waals surface area contributed by atoms with Crippen molar-refractivity contribution in [2.24, 2.45) is 0 Å². The molecule has 0 radical (unpaired) electrons. The number of ether oxygens (including phenoxy) is 2. The fourth-order valence-corrected chi connectivity index (χ4v) is 5.78. The van der Waals surface area contributed by atoms with Crippen molar-refractivity contribution in [3.8, 4) is 21.8 Å². The highest BCUT2D eigenvalue weighted by atomic mass is 32.2. The standard InChI is InChI=1S/C21H24FN7O3S2/c22-17-14(2-1-3-15(17)27-34(30)29-8-12-32-13-9-29)18-19(16-4-5-24-20(23)25-16)33-21(26-18)28-6-10-31-11-7-28/h1-5,27H,6-13H2,(H2,23,24,25). The third-order valence-electron chi connectivity index (χ3n) is 5.46. The molecule has 0 saturated carbocycles. The zero-order chi connectivity index (χ0) is 23.5. The van der Waals surface area contributed by atoms with Crippen molar-refractivity contribution in [2.45, 2.75) is 0 Å². The van der Waals surface area contributed by atoms with Crippen LogP contribution in [-0.4, -0.2) is 76.1 Å². The molecule has 4 heterocycles. The van der Waals surface area contributed by atoms with Crippen LogP contribution in [0.1, 0.15) is 0 Å². The summed E-state index contributed by atoms with van der Waals surface area (Å²) in [6.45, 7) is 4.60. The van der Waals surface area contributed by atoms with Crippen LogP contribution < -0.4 is 15.4 Å². The maximum Gasteiger partial charge on any atom is 0.220 e. The summed E-state index contributed by atoms with van der Waals surface area (Å²) < 4.78 is 43.8. The first-order chi connectivity index (χ1) is 16.6. The van der Waals surface area contributed by atoms with Crippen LogP contribution in [0.2, 0.25) is 0 Å². The van der Waals surface area contributed by atoms with E-state index < -0.39 is 17.0 Å². The minimum Gasteiger partial charge on any atom is -0.379 e. The van der Waals surface area contributed by atoms with Crippen molar-refractivity contribution in [3.05, 3.63) is 36.3 Å². The smallest absolute Gasteiger partial charge is 0.220 e. The normalized spacial score (nSPS) is 18.1. The molecule has 5 rings (SSSR count). The van der Waals surface area contributed by atoms with Crippen molar-refractivity contribution in [3.63, 3.8) is 0 Å². The Kier molecular flexibility index (Phi) is 6.97. The number of nitrogens with zero attached hydrogens (tertiary/aromatic N) is 5. The Bertz CT molecular complexity index is 1180. The van der Waals surface area contributed by atoms with Gasteiger partial charge in [0, 0.05) is 37.9 Å². The molecule has 0 bridgehead atoms. The van der Waals surface area contributed by atoms with Gasteiger partial charge in [0.15, 0.2) is 22.1 Å². The summed E-state index contributed by atoms with van der Waals surface area (Å²) >= 11 is -0.171. The van der Waals surface area contributed by atoms with Crippen molar-refractivity contribution in [2.75, 3.05) is 68.0 Å². The Labute approximate surface area is 202 Å². The molecular weight excluding hydrogens is 481 g/mol. The fraction of sp³-hybridized carbons (Fsp3) is 0.381. The number of rotatable bonds is 6. The van der Waals surface area contributed by atoms with Gasteiger partial charge in [-0.3, -0.25) is 4.72 Å². The summed E-state index contributed by atoms with van der Waals surface area (Å²) in [6.07, 6.45) is 1.56. The van der Waals surface area contributed by atoms with Crippen LogP contribution >= 0.6 is 11.3 Å². The van der Waals surface area contributed by atoms with Crippen molar-refractivity contribution >= 4 is 39.3 Å². The molecule has 2 aliphatic rings. The predicted octanol–water partition coefficient (Wildman–Crippen LogP) is 2.15. The van der Waals surface area contributed by atoms with E-state index in [1.165, 1.54) is 11.3 Å². The maximum absolute atomic E-state index is 15.7. The Balaban J connectivity index is 1.52. The largest absolute Gasteiger partial charge is 0.379 e. The number of nitrogens with one attached hydrogen (secondary N) is 1. The molecule has 0 aliphatic carbocycles. The molecule has 10 nitrogen and oxygen atoms in total. The quantitative estimate of drug-likeness (QED) is 0.523. The highest BCUT2D eigenvalue weighted by Crippen LogP contribution is 2.41. The molecule has 3 aromatic rings. The highest BCUT2D eigenvalue weighted by Gasteiger charge is 2.25. The summed E-state index contributed by atoms with van der Waals surface area (Å²) in [5.74, 6) is -0.409. The monoisotopic (exact) mass is 505 g/mol. The first kappa shape index (κ1) is 23.1. The van der Waals surface area contributed by atoms with E-state index in [2.05, 4.69) is 19.6 Å². The van der Waals surface area contributed by atoms with Gasteiger partial charge in [0.1, 0.15) is 0 Å². The Morgan fingerprint density at radius 3 is 2.53 bits per heavy atom. The zero-order valence-corrected chi connectivity index (χ0v) is 19.9. The van der Waals surface area contributed by atoms with Crippen LogP contribution in [0.5, 0.6) is 0 Å². The number of thiazole rings is 1. The highest BCUT2D eigenvalue weighted by molar-refractivity contribution is 7.84. The van der Waals surface area contributed by atoms with Gasteiger partial charge in [0.25, 0.3) is 0 Å². The van der Waals surface area contributed by atoms with Gasteiger partial charge in [-0.15, -0.1) is 0 Å². The number of aromatic nitrogens is 3. The molecule has 1 unspecified atom stereocenters. The topological polar surface area (TPSA) is 119 Å². The van der Waals surface area contributed by atoms with Gasteiger partial charge in [-0.05, 0) is 18.2 Å². The lowest BCUT2D eigenvalue weighted by atomic mass is 10.1. The Morgan fingerprint density at radius 2 is 1.79 bits per heavy atom. The SMILES string of the molecule is Nc1nccc(-c2sc(N3CCOCC3)nc2-c2cccc(NS(=O)N3CCOCC3)c2F)n1. The number of nitrogens with two attached hydrogens (primary N) is 1. The second-order valence-electron chi connectivity index (χ2n) is 7.63. The molecule has 0 amide bonds. The molecule has 34 heavy (non-hydrogen) atoms. The second kappa shape index (κ2) is 10.3. The van der Waals surface area contributed by atoms with Gasteiger partial charge in [0.2, 0.25) is 5.95 Å². The maximum atomic E-state index is 15.7. The van der Waals surface area contributed by atoms with Gasteiger partial charge >= 0.3 is 0 Å². The predicted molar refractivity (Wildman–Crippen MR) is 130 cm³/mol. The van der Waals surface area contributed by atoms with Crippen LogP contribution in [-0.2, 0) is 20.6 Å². The van der Waals surface area contributed by atoms with Crippen LogP contribution in [0.3, 0.4) is 0 Å². The fourth-order valence-electron chi connectivity index (χ4n) is 3.72. The molecule has 3 N–H and O–H groups in total. The molecule has 2 fully saturated rings. The van der Waals surface area contributed by atoms with Crippen molar-refractivity contribution in [1.29, 1.82) is 0 Å². The van der Waals surface area contributed by atoms with Gasteiger partial charge < -0.3 is 20.1 Å². The van der Waals surface area contributed by atoms with Gasteiger partial charge in [-0.2, -0.15) is 0 Å². The Hall–Kier alpha value is -2.71. The van der Waals surface area contributed by atoms with Gasteiger partial charge in [0.05, 0.1) is 48.4 Å². The number of hydrogen-bond donors (Lipinski definition) is 2. The lowest BCUT2D eigenvalue weighted by Gasteiger charge is -2.26. The molecule has 1 aromatic carbocycles. The summed E-state index contributed by atoms with van der Waals surface area (Å²) in [4.78, 5) is 15.9. The van der Waals surface area contributed by atoms with Crippen molar-refractivity contribution < 1.29 is 18.1 Å². The van der Waals surface area contributed by atoms with E-state index in [1.807, 2.05) is 0 Å². The summed E-state index contributed by atoms with van der Waals surface area (Å²) in [6, 6.07) is 6.66. The molecule has 13 heteroatoms. The summed E-state index contributed by atoms with van der Waals surface area (Å²) in [5.41, 5.74) is 7.25. The molecule has 2 saturated heterocycles.